The first kappa shape index (κ1) is 35.3. The third-order valence-corrected chi connectivity index (χ3v) is 9.45. The van der Waals surface area contributed by atoms with E-state index in [4.69, 9.17) is 9.47 Å². The van der Waals surface area contributed by atoms with Gasteiger partial charge < -0.3 is 37.3 Å². The van der Waals surface area contributed by atoms with E-state index in [1.54, 1.807) is 0 Å². The summed E-state index contributed by atoms with van der Waals surface area (Å²) in [6.45, 7) is 20.6. The number of carbonyl (C=O) groups excluding carboxylic acids is 1. The van der Waals surface area contributed by atoms with Gasteiger partial charge in [0.2, 0.25) is 0 Å². The fourth-order valence-electron chi connectivity index (χ4n) is 5.59. The molecule has 0 aliphatic carbocycles. The number of hydrogen-bond acceptors (Lipinski definition) is 9. The molecule has 1 saturated heterocycles. The molecule has 0 spiro atoms. The van der Waals surface area contributed by atoms with E-state index < -0.39 is 50.1 Å². The molecular formula is C27H49N4O9P. The molecule has 0 aromatic carbocycles. The van der Waals surface area contributed by atoms with Crippen LogP contribution in [0.25, 0.3) is 0 Å². The lowest BCUT2D eigenvalue weighted by molar-refractivity contribution is -0.977. The maximum absolute atomic E-state index is 12.8. The van der Waals surface area contributed by atoms with Crippen molar-refractivity contribution in [1.29, 1.82) is 0 Å². The number of aryl methyl sites for hydroxylation is 1. The SMILES string of the molecule is CC[N+](CC)(CC)CC[N+](CC)(CC)CCCCC(=O)O[C@H]1C[C@H](n2cc(C)c(=O)[nH]c2=O)O[C@@H]1COP(=O)([O-])[O-]. The van der Waals surface area contributed by atoms with Crippen LogP contribution < -0.4 is 21.0 Å². The first-order chi connectivity index (χ1) is 19.3. The molecule has 1 aliphatic rings. The van der Waals surface area contributed by atoms with E-state index in [2.05, 4.69) is 44.1 Å². The van der Waals surface area contributed by atoms with Crippen molar-refractivity contribution in [2.75, 3.05) is 59.0 Å². The Morgan fingerprint density at radius 3 is 2.17 bits per heavy atom. The van der Waals surface area contributed by atoms with E-state index in [0.717, 1.165) is 72.3 Å². The second-order valence-electron chi connectivity index (χ2n) is 11.0. The first-order valence-electron chi connectivity index (χ1n) is 14.8. The van der Waals surface area contributed by atoms with Crippen molar-refractivity contribution < 1.29 is 42.1 Å². The summed E-state index contributed by atoms with van der Waals surface area (Å²) in [4.78, 5) is 61.1. The molecule has 1 fully saturated rings. The number of carbonyl (C=O) groups is 1. The highest BCUT2D eigenvalue weighted by Crippen LogP contribution is 2.34. The Kier molecular flexibility index (Phi) is 13.4. The van der Waals surface area contributed by atoms with Crippen molar-refractivity contribution >= 4 is 13.8 Å². The summed E-state index contributed by atoms with van der Waals surface area (Å²) in [5.41, 5.74) is -1.00. The van der Waals surface area contributed by atoms with Gasteiger partial charge in [-0.1, -0.05) is 0 Å². The molecule has 2 rings (SSSR count). The van der Waals surface area contributed by atoms with Crippen LogP contribution in [-0.4, -0.2) is 95.7 Å². The fourth-order valence-corrected chi connectivity index (χ4v) is 5.92. The average Bonchev–Trinajstić information content (AvgIpc) is 3.33. The number of phosphoric ester groups is 1. The first-order valence-corrected chi connectivity index (χ1v) is 16.3. The standard InChI is InChI=1S/C27H49N4O9P/c1-7-30(8-2,9-3)16-17-31(10-4,11-5)15-13-12-14-25(32)40-22-18-24(39-23(22)20-38-41(35,36)37)29-19-21(6)26(33)28-27(29)34/h19,22-24H,7-18,20H2,1-6H3,(H-2,28,33,34,35,36,37)/t22-,23+,24+/m0/s1. The van der Waals surface area contributed by atoms with Crippen molar-refractivity contribution in [2.45, 2.75) is 85.7 Å². The van der Waals surface area contributed by atoms with E-state index in [-0.39, 0.29) is 18.4 Å². The molecule has 0 amide bonds. The number of rotatable bonds is 18. The summed E-state index contributed by atoms with van der Waals surface area (Å²) >= 11 is 0. The minimum Gasteiger partial charge on any atom is -0.790 e. The zero-order chi connectivity index (χ0) is 30.8. The molecular weight excluding hydrogens is 555 g/mol. The highest BCUT2D eigenvalue weighted by Gasteiger charge is 2.40. The van der Waals surface area contributed by atoms with Gasteiger partial charge >= 0.3 is 11.7 Å². The van der Waals surface area contributed by atoms with Crippen LogP contribution in [0.2, 0.25) is 0 Å². The van der Waals surface area contributed by atoms with Crippen LogP contribution in [0.1, 0.15) is 72.1 Å². The summed E-state index contributed by atoms with van der Waals surface area (Å²) < 4.78 is 30.0. The molecule has 13 nitrogen and oxygen atoms in total. The highest BCUT2D eigenvalue weighted by atomic mass is 31.2. The number of nitrogens with one attached hydrogen (secondary N) is 1. The van der Waals surface area contributed by atoms with Crippen LogP contribution in [-0.2, 0) is 23.4 Å². The number of H-pyrrole nitrogens is 1. The highest BCUT2D eigenvalue weighted by molar-refractivity contribution is 7.43. The lowest BCUT2D eigenvalue weighted by Crippen LogP contribution is -2.57. The Morgan fingerprint density at radius 1 is 1.02 bits per heavy atom. The number of unbranched alkanes of at least 4 members (excludes halogenated alkanes) is 1. The molecule has 0 unspecified atom stereocenters. The van der Waals surface area contributed by atoms with Gasteiger partial charge in [-0.15, -0.1) is 0 Å². The van der Waals surface area contributed by atoms with Crippen molar-refractivity contribution in [2.24, 2.45) is 0 Å². The summed E-state index contributed by atoms with van der Waals surface area (Å²) in [7, 11) is -5.30. The lowest BCUT2D eigenvalue weighted by Gasteiger charge is -2.42. The van der Waals surface area contributed by atoms with Gasteiger partial charge in [0.1, 0.15) is 31.5 Å². The number of aromatic amines is 1. The van der Waals surface area contributed by atoms with Gasteiger partial charge in [-0.2, -0.15) is 0 Å². The number of phosphoric acid groups is 1. The van der Waals surface area contributed by atoms with Gasteiger partial charge in [0.05, 0.1) is 53.7 Å². The van der Waals surface area contributed by atoms with E-state index in [0.29, 0.717) is 6.42 Å². The molecule has 1 aromatic heterocycles. The summed E-state index contributed by atoms with van der Waals surface area (Å²) in [6, 6.07) is 0. The summed E-state index contributed by atoms with van der Waals surface area (Å²) in [6.07, 6.45) is -0.00302. The fraction of sp³-hybridized carbons (Fsp3) is 0.815. The average molecular weight is 605 g/mol. The maximum Gasteiger partial charge on any atom is 0.330 e. The molecule has 14 heteroatoms. The summed E-state index contributed by atoms with van der Waals surface area (Å²) in [5, 5.41) is 0. The normalized spacial score (nSPS) is 20.0. The van der Waals surface area contributed by atoms with Crippen LogP contribution in [0.15, 0.2) is 15.8 Å². The molecule has 0 saturated carbocycles. The van der Waals surface area contributed by atoms with E-state index in [1.165, 1.54) is 13.1 Å². The Balaban J connectivity index is 1.99. The maximum atomic E-state index is 12.8. The van der Waals surface area contributed by atoms with E-state index in [9.17, 15) is 28.7 Å². The zero-order valence-electron chi connectivity index (χ0n) is 25.5. The number of ether oxygens (including phenoxy) is 2. The molecule has 1 aliphatic heterocycles. The minimum absolute atomic E-state index is 0.0190. The van der Waals surface area contributed by atoms with Crippen molar-refractivity contribution in [3.05, 3.63) is 32.6 Å². The number of esters is 1. The van der Waals surface area contributed by atoms with E-state index >= 15 is 0 Å². The van der Waals surface area contributed by atoms with Gasteiger partial charge in [0.15, 0.2) is 0 Å². The number of aromatic nitrogens is 2. The number of nitrogens with zero attached hydrogens (tertiary/aromatic N) is 3. The molecule has 41 heavy (non-hydrogen) atoms. The summed E-state index contributed by atoms with van der Waals surface area (Å²) in [5.74, 6) is -0.480. The van der Waals surface area contributed by atoms with E-state index in [1.807, 2.05) is 0 Å². The third-order valence-electron chi connectivity index (χ3n) is 8.98. The smallest absolute Gasteiger partial charge is 0.330 e. The zero-order valence-corrected chi connectivity index (χ0v) is 26.4. The van der Waals surface area contributed by atoms with Crippen LogP contribution in [0.3, 0.4) is 0 Å². The molecule has 1 aromatic rings. The molecule has 3 atom stereocenters. The van der Waals surface area contributed by atoms with Gasteiger partial charge in [-0.05, 0) is 54.4 Å². The molecule has 0 bridgehead atoms. The topological polar surface area (TPSA) is 163 Å². The van der Waals surface area contributed by atoms with Crippen molar-refractivity contribution in [3.8, 4) is 0 Å². The molecule has 2 heterocycles. The largest absolute Gasteiger partial charge is 0.790 e. The number of likely N-dealkylation sites (N-methyl/N-ethyl adjacent to an activating group) is 2. The Morgan fingerprint density at radius 2 is 1.61 bits per heavy atom. The molecule has 0 radical (unpaired) electrons. The lowest BCUT2D eigenvalue weighted by atomic mass is 10.1. The van der Waals surface area contributed by atoms with Crippen LogP contribution in [0, 0.1) is 6.92 Å². The second kappa shape index (κ2) is 15.6. The van der Waals surface area contributed by atoms with Crippen LogP contribution >= 0.6 is 7.82 Å². The number of quaternary nitrogens is 2. The van der Waals surface area contributed by atoms with Crippen LogP contribution in [0.5, 0.6) is 0 Å². The van der Waals surface area contributed by atoms with Gasteiger partial charge in [0, 0.05) is 24.6 Å². The van der Waals surface area contributed by atoms with Gasteiger partial charge in [0.25, 0.3) is 5.56 Å². The predicted molar refractivity (Wildman–Crippen MR) is 150 cm³/mol. The monoisotopic (exact) mass is 604 g/mol. The Labute approximate surface area is 242 Å². The van der Waals surface area contributed by atoms with Gasteiger partial charge in [-0.3, -0.25) is 19.1 Å². The predicted octanol–water partition coefficient (Wildman–Crippen LogP) is 0.793. The quantitative estimate of drug-likeness (QED) is 0.110. The number of hydrogen-bond donors (Lipinski definition) is 1. The Hall–Kier alpha value is -1.86. The van der Waals surface area contributed by atoms with Crippen molar-refractivity contribution in [3.63, 3.8) is 0 Å². The molecule has 236 valence electrons. The second-order valence-corrected chi connectivity index (χ2v) is 12.2. The Bertz CT molecular complexity index is 1130. The van der Waals surface area contributed by atoms with Gasteiger partial charge in [-0.25, -0.2) is 4.79 Å². The third kappa shape index (κ3) is 10.1. The molecule has 1 N–H and O–H groups in total. The van der Waals surface area contributed by atoms with Crippen LogP contribution in [0.4, 0.5) is 0 Å². The van der Waals surface area contributed by atoms with Crippen molar-refractivity contribution in [1.82, 2.24) is 9.55 Å². The minimum atomic E-state index is -5.30.